The Balaban J connectivity index is 1.93. The molecule has 1 atom stereocenters. The molecule has 0 fully saturated rings. The van der Waals surface area contributed by atoms with Crippen LogP contribution in [0.25, 0.3) is 0 Å². The van der Waals surface area contributed by atoms with Crippen molar-refractivity contribution in [2.75, 3.05) is 0 Å². The highest BCUT2D eigenvalue weighted by atomic mass is 15.1. The van der Waals surface area contributed by atoms with E-state index in [4.69, 9.17) is 0 Å². The zero-order chi connectivity index (χ0) is 11.4. The Morgan fingerprint density at radius 1 is 1.25 bits per heavy atom. The number of rotatable bonds is 4. The number of benzene rings is 1. The lowest BCUT2D eigenvalue weighted by Crippen LogP contribution is -2.18. The Morgan fingerprint density at radius 2 is 2.00 bits per heavy atom. The quantitative estimate of drug-likeness (QED) is 0.823. The van der Waals surface area contributed by atoms with Gasteiger partial charge in [0.1, 0.15) is 0 Å². The second-order valence-corrected chi connectivity index (χ2v) is 4.10. The van der Waals surface area contributed by atoms with E-state index in [9.17, 15) is 0 Å². The fourth-order valence-electron chi connectivity index (χ4n) is 1.62. The summed E-state index contributed by atoms with van der Waals surface area (Å²) >= 11 is 0. The molecular weight excluding hydrogens is 198 g/mol. The highest BCUT2D eigenvalue weighted by Crippen LogP contribution is 2.13. The van der Waals surface area contributed by atoms with Crippen molar-refractivity contribution in [3.05, 3.63) is 53.3 Å². The molecule has 0 bridgehead atoms. The van der Waals surface area contributed by atoms with Crippen LogP contribution in [0.3, 0.4) is 0 Å². The molecule has 1 heterocycles. The normalized spacial score (nSPS) is 12.6. The zero-order valence-corrected chi connectivity index (χ0v) is 9.70. The lowest BCUT2D eigenvalue weighted by atomic mass is 10.1. The number of aromatic amines is 1. The highest BCUT2D eigenvalue weighted by Gasteiger charge is 2.04. The largest absolute Gasteiger partial charge is 0.305 e. The van der Waals surface area contributed by atoms with Crippen LogP contribution in [0.15, 0.2) is 36.5 Å². The van der Waals surface area contributed by atoms with Gasteiger partial charge in [-0.2, -0.15) is 5.10 Å². The number of hydrogen-bond acceptors (Lipinski definition) is 2. The molecule has 16 heavy (non-hydrogen) atoms. The minimum Gasteiger partial charge on any atom is -0.305 e. The van der Waals surface area contributed by atoms with Gasteiger partial charge in [-0.05, 0) is 25.5 Å². The van der Waals surface area contributed by atoms with E-state index >= 15 is 0 Å². The van der Waals surface area contributed by atoms with Crippen molar-refractivity contribution in [1.82, 2.24) is 15.5 Å². The Labute approximate surface area is 95.9 Å². The molecular formula is C13H17N3. The minimum absolute atomic E-state index is 0.351. The average molecular weight is 215 g/mol. The molecule has 3 heteroatoms. The summed E-state index contributed by atoms with van der Waals surface area (Å²) < 4.78 is 0. The third kappa shape index (κ3) is 2.70. The summed E-state index contributed by atoms with van der Waals surface area (Å²) in [5, 5.41) is 10.3. The van der Waals surface area contributed by atoms with Crippen LogP contribution >= 0.6 is 0 Å². The maximum atomic E-state index is 3.92. The smallest absolute Gasteiger partial charge is 0.0490 e. The van der Waals surface area contributed by atoms with Crippen molar-refractivity contribution < 1.29 is 0 Å². The first-order valence-corrected chi connectivity index (χ1v) is 5.54. The molecule has 1 aromatic carbocycles. The number of nitrogens with one attached hydrogen (secondary N) is 2. The third-order valence-electron chi connectivity index (χ3n) is 2.73. The average Bonchev–Trinajstić information content (AvgIpc) is 2.80. The van der Waals surface area contributed by atoms with Gasteiger partial charge in [0.2, 0.25) is 0 Å². The number of nitrogens with zero attached hydrogens (tertiary/aromatic N) is 1. The van der Waals surface area contributed by atoms with Crippen molar-refractivity contribution in [2.24, 2.45) is 0 Å². The Morgan fingerprint density at radius 3 is 2.62 bits per heavy atom. The summed E-state index contributed by atoms with van der Waals surface area (Å²) in [5.41, 5.74) is 3.72. The summed E-state index contributed by atoms with van der Waals surface area (Å²) in [5.74, 6) is 0. The zero-order valence-electron chi connectivity index (χ0n) is 9.70. The van der Waals surface area contributed by atoms with Gasteiger partial charge in [0.15, 0.2) is 0 Å². The second-order valence-electron chi connectivity index (χ2n) is 4.10. The number of H-pyrrole nitrogens is 1. The predicted molar refractivity (Wildman–Crippen MR) is 65.0 cm³/mol. The lowest BCUT2D eigenvalue weighted by Gasteiger charge is -2.13. The predicted octanol–water partition coefficient (Wildman–Crippen LogP) is 2.57. The van der Waals surface area contributed by atoms with Gasteiger partial charge in [0.05, 0.1) is 0 Å². The van der Waals surface area contributed by atoms with Crippen molar-refractivity contribution in [2.45, 2.75) is 26.4 Å². The van der Waals surface area contributed by atoms with Crippen LogP contribution in [0.1, 0.15) is 29.8 Å². The fourth-order valence-corrected chi connectivity index (χ4v) is 1.62. The van der Waals surface area contributed by atoms with Gasteiger partial charge >= 0.3 is 0 Å². The van der Waals surface area contributed by atoms with Gasteiger partial charge in [0.25, 0.3) is 0 Å². The Kier molecular flexibility index (Phi) is 3.37. The molecule has 0 aliphatic rings. The van der Waals surface area contributed by atoms with E-state index in [1.165, 1.54) is 11.1 Å². The first-order chi connectivity index (χ1) is 7.75. The summed E-state index contributed by atoms with van der Waals surface area (Å²) in [4.78, 5) is 0. The van der Waals surface area contributed by atoms with Crippen molar-refractivity contribution in [1.29, 1.82) is 0 Å². The molecule has 3 nitrogen and oxygen atoms in total. The number of aromatic nitrogens is 2. The van der Waals surface area contributed by atoms with Gasteiger partial charge in [-0.3, -0.25) is 5.10 Å². The van der Waals surface area contributed by atoms with Crippen LogP contribution in [0.4, 0.5) is 0 Å². The minimum atomic E-state index is 0.351. The molecule has 0 spiro atoms. The number of hydrogen-bond donors (Lipinski definition) is 2. The molecule has 0 amide bonds. The maximum absolute atomic E-state index is 3.92. The molecule has 2 aromatic rings. The van der Waals surface area contributed by atoms with Crippen LogP contribution < -0.4 is 5.32 Å². The monoisotopic (exact) mass is 215 g/mol. The van der Waals surface area contributed by atoms with Gasteiger partial charge in [-0.15, -0.1) is 0 Å². The molecule has 1 unspecified atom stereocenters. The summed E-state index contributed by atoms with van der Waals surface area (Å²) in [6.07, 6.45) is 1.77. The van der Waals surface area contributed by atoms with Crippen molar-refractivity contribution >= 4 is 0 Å². The van der Waals surface area contributed by atoms with Crippen LogP contribution in [0.2, 0.25) is 0 Å². The van der Waals surface area contributed by atoms with Crippen LogP contribution in [0.5, 0.6) is 0 Å². The summed E-state index contributed by atoms with van der Waals surface area (Å²) in [7, 11) is 0. The molecule has 1 aromatic heterocycles. The van der Waals surface area contributed by atoms with E-state index in [0.29, 0.717) is 6.04 Å². The van der Waals surface area contributed by atoms with Gasteiger partial charge in [-0.25, -0.2) is 0 Å². The SMILES string of the molecule is Cc1ccc(C(C)NCc2ccn[nH]2)cc1. The van der Waals surface area contributed by atoms with Crippen molar-refractivity contribution in [3.8, 4) is 0 Å². The number of aryl methyl sites for hydroxylation is 1. The third-order valence-corrected chi connectivity index (χ3v) is 2.73. The van der Waals surface area contributed by atoms with E-state index in [2.05, 4.69) is 53.6 Å². The maximum Gasteiger partial charge on any atom is 0.0490 e. The second kappa shape index (κ2) is 4.94. The first kappa shape index (κ1) is 10.9. The molecule has 0 saturated heterocycles. The fraction of sp³-hybridized carbons (Fsp3) is 0.308. The summed E-state index contributed by atoms with van der Waals surface area (Å²) in [6.45, 7) is 5.09. The van der Waals surface area contributed by atoms with Crippen LogP contribution in [0, 0.1) is 6.92 Å². The van der Waals surface area contributed by atoms with Crippen LogP contribution in [-0.4, -0.2) is 10.2 Å². The van der Waals surface area contributed by atoms with Crippen LogP contribution in [-0.2, 0) is 6.54 Å². The molecule has 84 valence electrons. The van der Waals surface area contributed by atoms with E-state index < -0.39 is 0 Å². The van der Waals surface area contributed by atoms with E-state index in [1.807, 2.05) is 6.07 Å². The Hall–Kier alpha value is -1.61. The Bertz CT molecular complexity index is 417. The van der Waals surface area contributed by atoms with E-state index in [-0.39, 0.29) is 0 Å². The summed E-state index contributed by atoms with van der Waals surface area (Å²) in [6, 6.07) is 11.0. The van der Waals surface area contributed by atoms with E-state index in [0.717, 1.165) is 12.2 Å². The molecule has 2 N–H and O–H groups in total. The topological polar surface area (TPSA) is 40.7 Å². The van der Waals surface area contributed by atoms with Gasteiger partial charge in [0, 0.05) is 24.5 Å². The van der Waals surface area contributed by atoms with Gasteiger partial charge < -0.3 is 5.32 Å². The molecule has 0 saturated carbocycles. The lowest BCUT2D eigenvalue weighted by molar-refractivity contribution is 0.567. The molecule has 0 aliphatic carbocycles. The molecule has 0 radical (unpaired) electrons. The first-order valence-electron chi connectivity index (χ1n) is 5.54. The standard InChI is InChI=1S/C13H17N3/c1-10-3-5-12(6-4-10)11(2)14-9-13-7-8-15-16-13/h3-8,11,14H,9H2,1-2H3,(H,15,16). The molecule has 0 aliphatic heterocycles. The van der Waals surface area contributed by atoms with Crippen molar-refractivity contribution in [3.63, 3.8) is 0 Å². The van der Waals surface area contributed by atoms with Gasteiger partial charge in [-0.1, -0.05) is 29.8 Å². The molecule has 2 rings (SSSR count). The van der Waals surface area contributed by atoms with E-state index in [1.54, 1.807) is 6.20 Å². The highest BCUT2D eigenvalue weighted by molar-refractivity contribution is 5.23.